The first-order chi connectivity index (χ1) is 25.8. The van der Waals surface area contributed by atoms with Gasteiger partial charge in [-0.25, -0.2) is 0 Å². The predicted octanol–water partition coefficient (Wildman–Crippen LogP) is 12.5. The van der Waals surface area contributed by atoms with E-state index in [2.05, 4.69) is 181 Å². The largest absolute Gasteiger partial charge is 0.152 e. The van der Waals surface area contributed by atoms with E-state index in [4.69, 9.17) is 0 Å². The van der Waals surface area contributed by atoms with E-state index in [0.29, 0.717) is 0 Å². The van der Waals surface area contributed by atoms with Gasteiger partial charge in [-0.2, -0.15) is 11.3 Å². The van der Waals surface area contributed by atoms with Gasteiger partial charge in [0.2, 0.25) is 0 Å². The Morgan fingerprint density at radius 3 is 1.69 bits per heavy atom. The lowest BCUT2D eigenvalue weighted by Gasteiger charge is -2.33. The molecule has 2 heterocycles. The number of thiophene rings is 2. The van der Waals surface area contributed by atoms with Crippen molar-refractivity contribution in [3.8, 4) is 22.3 Å². The average molecular weight is 697 g/mol. The monoisotopic (exact) mass is 696 g/mol. The molecule has 2 heteroatoms. The van der Waals surface area contributed by atoms with Crippen molar-refractivity contribution in [3.05, 3.63) is 202 Å². The van der Waals surface area contributed by atoms with Crippen LogP contribution in [0.1, 0.15) is 11.1 Å². The van der Waals surface area contributed by atoms with Gasteiger partial charge in [-0.05, 0) is 99.4 Å². The Kier molecular flexibility index (Phi) is 6.83. The van der Waals surface area contributed by atoms with Crippen molar-refractivity contribution in [2.45, 2.75) is 0 Å². The topological polar surface area (TPSA) is 0 Å². The van der Waals surface area contributed by atoms with E-state index in [9.17, 15) is 0 Å². The molecule has 0 saturated carbocycles. The summed E-state index contributed by atoms with van der Waals surface area (Å²) in [5, 5.41) is 15.0. The third-order valence-electron chi connectivity index (χ3n) is 11.2. The molecule has 2 unspecified atom stereocenters. The van der Waals surface area contributed by atoms with Crippen LogP contribution in [0.2, 0.25) is 0 Å². The maximum absolute atomic E-state index is 2.45. The molecule has 7 aromatic carbocycles. The summed E-state index contributed by atoms with van der Waals surface area (Å²) >= 11 is 3.71. The highest BCUT2D eigenvalue weighted by molar-refractivity contribution is 7.26. The molecule has 11 rings (SSSR count). The summed E-state index contributed by atoms with van der Waals surface area (Å²) in [6.45, 7) is 0. The zero-order valence-corrected chi connectivity index (χ0v) is 29.9. The Morgan fingerprint density at radius 2 is 1.02 bits per heavy atom. The van der Waals surface area contributed by atoms with E-state index < -0.39 is 0 Å². The number of rotatable bonds is 4. The summed E-state index contributed by atoms with van der Waals surface area (Å²) in [6.07, 6.45) is 9.32. The number of allylic oxidation sites excluding steroid dienone is 4. The number of benzene rings is 7. The summed E-state index contributed by atoms with van der Waals surface area (Å²) in [5.41, 5.74) is 10.7. The Morgan fingerprint density at radius 1 is 0.423 bits per heavy atom. The molecule has 0 amide bonds. The molecule has 2 aliphatic carbocycles. The Bertz CT molecular complexity index is 3010. The molecule has 0 bridgehead atoms. The fourth-order valence-electron chi connectivity index (χ4n) is 9.08. The maximum atomic E-state index is 2.45. The highest BCUT2D eigenvalue weighted by Crippen LogP contribution is 2.48. The van der Waals surface area contributed by atoms with Crippen LogP contribution in [0.15, 0.2) is 181 Å². The Hall–Kier alpha value is -5.80. The van der Waals surface area contributed by atoms with Crippen LogP contribution in [-0.4, -0.2) is 0 Å². The Labute approximate surface area is 310 Å². The van der Waals surface area contributed by atoms with Gasteiger partial charge in [-0.15, -0.1) is 11.3 Å². The average Bonchev–Trinajstić information content (AvgIpc) is 3.88. The summed E-state index contributed by atoms with van der Waals surface area (Å²) in [4.78, 5) is 0. The molecule has 2 aliphatic rings. The third kappa shape index (κ3) is 4.45. The molecule has 0 aliphatic heterocycles. The minimum absolute atomic E-state index is 0.251. The Balaban J connectivity index is 1.17. The number of hydrogen-bond donors (Lipinski definition) is 0. The van der Waals surface area contributed by atoms with E-state index in [1.807, 2.05) is 11.3 Å². The van der Waals surface area contributed by atoms with Crippen molar-refractivity contribution in [3.63, 3.8) is 0 Å². The predicted molar refractivity (Wildman–Crippen MR) is 226 cm³/mol. The van der Waals surface area contributed by atoms with Crippen molar-refractivity contribution >= 4 is 75.5 Å². The lowest BCUT2D eigenvalue weighted by Crippen LogP contribution is -2.40. The second-order valence-electron chi connectivity index (χ2n) is 13.9. The molecule has 2 aromatic heterocycles. The first-order valence-electron chi connectivity index (χ1n) is 18.0. The summed E-state index contributed by atoms with van der Waals surface area (Å²) in [6, 6.07) is 54.4. The molecule has 0 fully saturated rings. The summed E-state index contributed by atoms with van der Waals surface area (Å²) in [5.74, 6) is 0.521. The third-order valence-corrected chi connectivity index (χ3v) is 13.1. The van der Waals surface area contributed by atoms with Crippen LogP contribution in [0.3, 0.4) is 0 Å². The van der Waals surface area contributed by atoms with Gasteiger partial charge < -0.3 is 0 Å². The lowest BCUT2D eigenvalue weighted by molar-refractivity contribution is 0.687. The van der Waals surface area contributed by atoms with E-state index in [0.717, 1.165) is 0 Å². The summed E-state index contributed by atoms with van der Waals surface area (Å²) < 4.78 is 2.69. The van der Waals surface area contributed by atoms with Crippen molar-refractivity contribution < 1.29 is 0 Å². The lowest BCUT2D eigenvalue weighted by atomic mass is 9.70. The van der Waals surface area contributed by atoms with Gasteiger partial charge in [0.05, 0.1) is 0 Å². The van der Waals surface area contributed by atoms with Crippen LogP contribution in [0, 0.1) is 11.8 Å². The van der Waals surface area contributed by atoms with Crippen molar-refractivity contribution in [1.29, 1.82) is 0 Å². The van der Waals surface area contributed by atoms with Crippen LogP contribution in [0.5, 0.6) is 0 Å². The van der Waals surface area contributed by atoms with Gasteiger partial charge in [0.15, 0.2) is 0 Å². The zero-order valence-electron chi connectivity index (χ0n) is 28.3. The molecule has 0 radical (unpaired) electrons. The normalized spacial score (nSPS) is 16.6. The first-order valence-corrected chi connectivity index (χ1v) is 19.8. The zero-order chi connectivity index (χ0) is 34.2. The minimum atomic E-state index is 0.251. The fourth-order valence-corrected chi connectivity index (χ4v) is 11.0. The van der Waals surface area contributed by atoms with Crippen LogP contribution in [-0.2, 0) is 0 Å². The first kappa shape index (κ1) is 29.9. The van der Waals surface area contributed by atoms with Gasteiger partial charge in [0, 0.05) is 32.0 Å². The van der Waals surface area contributed by atoms with Crippen molar-refractivity contribution in [2.75, 3.05) is 0 Å². The molecular weight excluding hydrogens is 665 g/mol. The summed E-state index contributed by atoms with van der Waals surface area (Å²) in [7, 11) is 0. The van der Waals surface area contributed by atoms with Crippen LogP contribution >= 0.6 is 22.7 Å². The molecule has 9 aromatic rings. The highest BCUT2D eigenvalue weighted by Gasteiger charge is 2.32. The van der Waals surface area contributed by atoms with E-state index in [-0.39, 0.29) is 11.8 Å². The highest BCUT2D eigenvalue weighted by atomic mass is 32.1. The minimum Gasteiger partial charge on any atom is -0.152 e. The van der Waals surface area contributed by atoms with Crippen molar-refractivity contribution in [1.82, 2.24) is 0 Å². The van der Waals surface area contributed by atoms with Gasteiger partial charge in [-0.1, -0.05) is 158 Å². The van der Waals surface area contributed by atoms with Crippen LogP contribution in [0.4, 0.5) is 0 Å². The number of hydrogen-bond acceptors (Lipinski definition) is 2. The molecule has 52 heavy (non-hydrogen) atoms. The van der Waals surface area contributed by atoms with Crippen LogP contribution < -0.4 is 10.4 Å². The number of fused-ring (bicyclic) bond motifs is 7. The van der Waals surface area contributed by atoms with Gasteiger partial charge >= 0.3 is 0 Å². The van der Waals surface area contributed by atoms with Gasteiger partial charge in [0.1, 0.15) is 0 Å². The maximum Gasteiger partial charge on any atom is 0.0431 e. The molecule has 244 valence electrons. The molecule has 2 atom stereocenters. The van der Waals surface area contributed by atoms with Gasteiger partial charge in [-0.3, -0.25) is 0 Å². The molecule has 0 saturated heterocycles. The van der Waals surface area contributed by atoms with Crippen molar-refractivity contribution in [2.24, 2.45) is 11.8 Å². The second-order valence-corrected chi connectivity index (χ2v) is 15.7. The van der Waals surface area contributed by atoms with Crippen LogP contribution in [0.25, 0.3) is 75.1 Å². The smallest absolute Gasteiger partial charge is 0.0431 e. The molecule has 0 N–H and O–H groups in total. The second kappa shape index (κ2) is 11.9. The SMILES string of the molecule is C1=CC2C(c3ccccc3)=c3ccccc3=C(c3cccc4c3sc3cc(-c5c6ccccc6c(-c6ccsc6)c6ccccc56)ccc34)C2C=C1. The fraction of sp³-hybridized carbons (Fsp3) is 0.0400. The molecule has 0 spiro atoms. The van der Waals surface area contributed by atoms with Gasteiger partial charge in [0.25, 0.3) is 0 Å². The van der Waals surface area contributed by atoms with E-state index in [1.54, 1.807) is 11.3 Å². The standard InChI is InChI=1S/C50H32S2/c1-2-13-31(14-3-1)46-39-19-8-10-21-41(39)49(42-22-11-9-20-40(42)46)44-24-12-23-43-34-26-25-32(29-45(34)52-50(43)44)47-35-15-4-6-17-37(35)48(33-27-28-51-30-33)38-18-7-5-16-36(38)47/h1-30,39,41H. The molecule has 0 nitrogen and oxygen atoms in total. The quantitative estimate of drug-likeness (QED) is 0.161. The molecular formula is C50H32S2. The van der Waals surface area contributed by atoms with E-state index in [1.165, 1.54) is 96.7 Å². The van der Waals surface area contributed by atoms with E-state index >= 15 is 0 Å².